The monoisotopic (exact) mass is 291 g/mol. The SMILES string of the molecule is CCn1cc(N)c(C(=O)N2CCN(C(=O)C3CC3)CC2)n1. The van der Waals surface area contributed by atoms with Gasteiger partial charge in [-0.1, -0.05) is 0 Å². The standard InChI is InChI=1S/C14H21N5O2/c1-2-19-9-11(15)12(16-19)14(21)18-7-5-17(6-8-18)13(20)10-3-4-10/h9-10H,2-8,15H2,1H3. The summed E-state index contributed by atoms with van der Waals surface area (Å²) in [6.45, 7) is 4.94. The molecule has 0 bridgehead atoms. The summed E-state index contributed by atoms with van der Waals surface area (Å²) in [5.41, 5.74) is 6.59. The van der Waals surface area contributed by atoms with Gasteiger partial charge in [0.25, 0.3) is 5.91 Å². The number of carbonyl (C=O) groups excluding carboxylic acids is 2. The fourth-order valence-corrected chi connectivity index (χ4v) is 2.63. The molecule has 2 amide bonds. The summed E-state index contributed by atoms with van der Waals surface area (Å²) < 4.78 is 1.66. The second-order valence-corrected chi connectivity index (χ2v) is 5.68. The van der Waals surface area contributed by atoms with Crippen LogP contribution in [0.25, 0.3) is 0 Å². The Morgan fingerprint density at radius 3 is 2.38 bits per heavy atom. The third-order valence-corrected chi connectivity index (χ3v) is 4.12. The first kappa shape index (κ1) is 13.9. The average Bonchev–Trinajstić information content (AvgIpc) is 3.29. The zero-order valence-corrected chi connectivity index (χ0v) is 12.3. The minimum Gasteiger partial charge on any atom is -0.396 e. The van der Waals surface area contributed by atoms with Gasteiger partial charge in [-0.25, -0.2) is 0 Å². The van der Waals surface area contributed by atoms with Crippen LogP contribution in [-0.4, -0.2) is 57.6 Å². The molecule has 7 heteroatoms. The van der Waals surface area contributed by atoms with E-state index in [1.54, 1.807) is 15.8 Å². The number of aryl methyl sites for hydroxylation is 1. The van der Waals surface area contributed by atoms with Gasteiger partial charge in [0.05, 0.1) is 5.69 Å². The van der Waals surface area contributed by atoms with E-state index in [9.17, 15) is 9.59 Å². The summed E-state index contributed by atoms with van der Waals surface area (Å²) in [6, 6.07) is 0. The Morgan fingerprint density at radius 1 is 1.24 bits per heavy atom. The number of nitrogen functional groups attached to an aromatic ring is 1. The molecule has 2 N–H and O–H groups in total. The van der Waals surface area contributed by atoms with Crippen LogP contribution in [0.3, 0.4) is 0 Å². The van der Waals surface area contributed by atoms with Gasteiger partial charge >= 0.3 is 0 Å². The number of aromatic nitrogens is 2. The summed E-state index contributed by atoms with van der Waals surface area (Å²) >= 11 is 0. The Morgan fingerprint density at radius 2 is 1.86 bits per heavy atom. The molecular formula is C14H21N5O2. The predicted octanol–water partition coefficient (Wildman–Crippen LogP) is 0.180. The fourth-order valence-electron chi connectivity index (χ4n) is 2.63. The lowest BCUT2D eigenvalue weighted by molar-refractivity contribution is -0.134. The maximum absolute atomic E-state index is 12.4. The number of anilines is 1. The number of hydrogen-bond acceptors (Lipinski definition) is 4. The van der Waals surface area contributed by atoms with Gasteiger partial charge in [-0.05, 0) is 19.8 Å². The molecule has 21 heavy (non-hydrogen) atoms. The minimum atomic E-state index is -0.141. The molecule has 2 aliphatic rings. The van der Waals surface area contributed by atoms with Gasteiger partial charge in [0.15, 0.2) is 5.69 Å². The van der Waals surface area contributed by atoms with Crippen molar-refractivity contribution in [1.82, 2.24) is 19.6 Å². The van der Waals surface area contributed by atoms with Crippen LogP contribution in [-0.2, 0) is 11.3 Å². The molecule has 1 aromatic heterocycles. The first-order valence-corrected chi connectivity index (χ1v) is 7.51. The highest BCUT2D eigenvalue weighted by Gasteiger charge is 2.35. The van der Waals surface area contributed by atoms with Crippen LogP contribution in [0.2, 0.25) is 0 Å². The van der Waals surface area contributed by atoms with Gasteiger partial charge in [-0.3, -0.25) is 14.3 Å². The zero-order chi connectivity index (χ0) is 15.0. The molecule has 1 aliphatic heterocycles. The Balaban J connectivity index is 1.61. The highest BCUT2D eigenvalue weighted by Crippen LogP contribution is 2.31. The molecule has 2 heterocycles. The van der Waals surface area contributed by atoms with Crippen molar-refractivity contribution in [3.05, 3.63) is 11.9 Å². The van der Waals surface area contributed by atoms with Gasteiger partial charge in [0.2, 0.25) is 5.91 Å². The van der Waals surface area contributed by atoms with Crippen molar-refractivity contribution in [2.24, 2.45) is 5.92 Å². The third-order valence-electron chi connectivity index (χ3n) is 4.12. The number of amides is 2. The maximum atomic E-state index is 12.4. The van der Waals surface area contributed by atoms with Crippen LogP contribution in [0.15, 0.2) is 6.20 Å². The molecule has 2 fully saturated rings. The number of piperazine rings is 1. The van der Waals surface area contributed by atoms with Gasteiger partial charge in [0.1, 0.15) is 0 Å². The van der Waals surface area contributed by atoms with Crippen LogP contribution in [0, 0.1) is 5.92 Å². The zero-order valence-electron chi connectivity index (χ0n) is 12.3. The van der Waals surface area contributed by atoms with Crippen molar-refractivity contribution < 1.29 is 9.59 Å². The minimum absolute atomic E-state index is 0.141. The summed E-state index contributed by atoms with van der Waals surface area (Å²) in [5.74, 6) is 0.346. The van der Waals surface area contributed by atoms with E-state index in [1.807, 2.05) is 11.8 Å². The Kier molecular flexibility index (Phi) is 3.57. The van der Waals surface area contributed by atoms with Crippen molar-refractivity contribution in [2.75, 3.05) is 31.9 Å². The molecule has 1 saturated carbocycles. The van der Waals surface area contributed by atoms with Crippen molar-refractivity contribution >= 4 is 17.5 Å². The van der Waals surface area contributed by atoms with Gasteiger partial charge < -0.3 is 15.5 Å². The van der Waals surface area contributed by atoms with Crippen molar-refractivity contribution in [2.45, 2.75) is 26.3 Å². The lowest BCUT2D eigenvalue weighted by atomic mass is 10.2. The normalized spacial score (nSPS) is 18.9. The van der Waals surface area contributed by atoms with E-state index >= 15 is 0 Å². The first-order chi connectivity index (χ1) is 10.1. The topological polar surface area (TPSA) is 84.5 Å². The van der Waals surface area contributed by atoms with E-state index < -0.39 is 0 Å². The molecule has 0 unspecified atom stereocenters. The molecule has 0 aromatic carbocycles. The van der Waals surface area contributed by atoms with E-state index in [-0.39, 0.29) is 17.7 Å². The lowest BCUT2D eigenvalue weighted by Gasteiger charge is -2.34. The van der Waals surface area contributed by atoms with Crippen LogP contribution in [0.5, 0.6) is 0 Å². The van der Waals surface area contributed by atoms with Crippen LogP contribution in [0.1, 0.15) is 30.3 Å². The summed E-state index contributed by atoms with van der Waals surface area (Å²) in [5, 5.41) is 4.22. The van der Waals surface area contributed by atoms with Crippen molar-refractivity contribution in [3.8, 4) is 0 Å². The van der Waals surface area contributed by atoms with Crippen LogP contribution < -0.4 is 5.73 Å². The lowest BCUT2D eigenvalue weighted by Crippen LogP contribution is -2.51. The Labute approximate surface area is 123 Å². The summed E-state index contributed by atoms with van der Waals surface area (Å²) in [6.07, 6.45) is 3.71. The van der Waals surface area contributed by atoms with E-state index in [4.69, 9.17) is 5.73 Å². The summed E-state index contributed by atoms with van der Waals surface area (Å²) in [4.78, 5) is 28.0. The molecule has 7 nitrogen and oxygen atoms in total. The number of hydrogen-bond donors (Lipinski definition) is 1. The van der Waals surface area contributed by atoms with Gasteiger partial charge in [0, 0.05) is 44.8 Å². The molecule has 0 radical (unpaired) electrons. The molecule has 1 saturated heterocycles. The number of nitrogens with zero attached hydrogens (tertiary/aromatic N) is 4. The number of rotatable bonds is 3. The molecule has 1 aliphatic carbocycles. The quantitative estimate of drug-likeness (QED) is 0.861. The fraction of sp³-hybridized carbons (Fsp3) is 0.643. The maximum Gasteiger partial charge on any atom is 0.276 e. The second-order valence-electron chi connectivity index (χ2n) is 5.68. The highest BCUT2D eigenvalue weighted by atomic mass is 16.2. The molecule has 0 spiro atoms. The van der Waals surface area contributed by atoms with E-state index in [2.05, 4.69) is 5.10 Å². The van der Waals surface area contributed by atoms with Crippen LogP contribution in [0.4, 0.5) is 5.69 Å². The Bertz CT molecular complexity index is 556. The summed E-state index contributed by atoms with van der Waals surface area (Å²) in [7, 11) is 0. The van der Waals surface area contributed by atoms with Crippen molar-refractivity contribution in [3.63, 3.8) is 0 Å². The predicted molar refractivity (Wildman–Crippen MR) is 77.5 cm³/mol. The molecule has 3 rings (SSSR count). The van der Waals surface area contributed by atoms with E-state index in [0.29, 0.717) is 44.1 Å². The second kappa shape index (κ2) is 5.38. The smallest absolute Gasteiger partial charge is 0.276 e. The first-order valence-electron chi connectivity index (χ1n) is 7.51. The molecule has 1 aromatic rings. The molecule has 114 valence electrons. The van der Waals surface area contributed by atoms with Crippen molar-refractivity contribution in [1.29, 1.82) is 0 Å². The van der Waals surface area contributed by atoms with Gasteiger partial charge in [-0.2, -0.15) is 5.10 Å². The number of nitrogens with two attached hydrogens (primary N) is 1. The van der Waals surface area contributed by atoms with Crippen LogP contribution >= 0.6 is 0 Å². The third kappa shape index (κ3) is 2.72. The average molecular weight is 291 g/mol. The van der Waals surface area contributed by atoms with Gasteiger partial charge in [-0.15, -0.1) is 0 Å². The molecular weight excluding hydrogens is 270 g/mol. The van der Waals surface area contributed by atoms with E-state index in [1.165, 1.54) is 0 Å². The highest BCUT2D eigenvalue weighted by molar-refractivity contribution is 5.97. The van der Waals surface area contributed by atoms with E-state index in [0.717, 1.165) is 12.8 Å². The molecule has 0 atom stereocenters. The largest absolute Gasteiger partial charge is 0.396 e. The Hall–Kier alpha value is -2.05. The number of carbonyl (C=O) groups is 2.